The fourth-order valence-corrected chi connectivity index (χ4v) is 3.10. The van der Waals surface area contributed by atoms with E-state index in [9.17, 15) is 22.8 Å². The first-order valence-electron chi connectivity index (χ1n) is 10.6. The van der Waals surface area contributed by atoms with Crippen molar-refractivity contribution in [2.45, 2.75) is 6.18 Å². The molecule has 0 aliphatic heterocycles. The first-order chi connectivity index (χ1) is 17.1. The molecule has 36 heavy (non-hydrogen) atoms. The number of aromatic nitrogens is 2. The van der Waals surface area contributed by atoms with E-state index in [1.54, 1.807) is 0 Å². The zero-order valence-corrected chi connectivity index (χ0v) is 19.7. The molecule has 3 aromatic rings. The Hall–Kier alpha value is -4.19. The van der Waals surface area contributed by atoms with Gasteiger partial charge in [-0.3, -0.25) is 0 Å². The number of nitrogens with zero attached hydrogens (tertiary/aromatic N) is 3. The Morgan fingerprint density at radius 3 is 2.36 bits per heavy atom. The highest BCUT2D eigenvalue weighted by molar-refractivity contribution is 6.02. The van der Waals surface area contributed by atoms with Crippen molar-refractivity contribution in [2.75, 3.05) is 45.0 Å². The van der Waals surface area contributed by atoms with Crippen LogP contribution in [-0.2, 0) is 10.9 Å². The van der Waals surface area contributed by atoms with Crippen molar-refractivity contribution in [2.24, 2.45) is 0 Å². The predicted octanol–water partition coefficient (Wildman–Crippen LogP) is 4.53. The molecule has 0 spiro atoms. The Morgan fingerprint density at radius 1 is 1.00 bits per heavy atom. The van der Waals surface area contributed by atoms with Gasteiger partial charge in [0.1, 0.15) is 18.7 Å². The first-order valence-corrected chi connectivity index (χ1v) is 10.6. The lowest BCUT2D eigenvalue weighted by atomic mass is 10.0. The van der Waals surface area contributed by atoms with Crippen LogP contribution in [0.4, 0.5) is 29.3 Å². The molecule has 1 aromatic heterocycles. The molecule has 0 radical (unpaired) electrons. The van der Waals surface area contributed by atoms with Gasteiger partial charge in [-0.1, -0.05) is 0 Å². The Balaban J connectivity index is 1.82. The third-order valence-electron chi connectivity index (χ3n) is 4.87. The van der Waals surface area contributed by atoms with Crippen LogP contribution in [0.25, 0.3) is 11.1 Å². The summed E-state index contributed by atoms with van der Waals surface area (Å²) in [6.07, 6.45) is -0.674. The van der Waals surface area contributed by atoms with E-state index < -0.39 is 23.7 Å². The third-order valence-corrected chi connectivity index (χ3v) is 4.87. The summed E-state index contributed by atoms with van der Waals surface area (Å²) < 4.78 is 50.9. The van der Waals surface area contributed by atoms with Gasteiger partial charge in [-0.2, -0.15) is 13.2 Å². The van der Waals surface area contributed by atoms with Crippen molar-refractivity contribution >= 4 is 23.4 Å². The standard InChI is InChI=1S/C24H24F3N5O4/c1-32(2)6-7-36-22(33)15-4-5-21(35-3)20(10-15)31-23(34)30-19-9-16(17-12-28-14-29-13-17)8-18(11-19)24(25,26)27/h4-5,8-14H,6-7H2,1-3H3,(H2,30,31,34). The minimum absolute atomic E-state index is 0.112. The van der Waals surface area contributed by atoms with Crippen LogP contribution >= 0.6 is 0 Å². The highest BCUT2D eigenvalue weighted by Gasteiger charge is 2.31. The van der Waals surface area contributed by atoms with Gasteiger partial charge < -0.3 is 25.0 Å². The number of amides is 2. The molecule has 3 rings (SSSR count). The van der Waals surface area contributed by atoms with Crippen molar-refractivity contribution in [1.82, 2.24) is 14.9 Å². The number of likely N-dealkylation sites (N-methyl/N-ethyl adjacent to an activating group) is 1. The Labute approximate surface area is 205 Å². The number of nitrogens with one attached hydrogen (secondary N) is 2. The third kappa shape index (κ3) is 7.15. The largest absolute Gasteiger partial charge is 0.495 e. The summed E-state index contributed by atoms with van der Waals surface area (Å²) in [6, 6.07) is 6.56. The van der Waals surface area contributed by atoms with Gasteiger partial charge in [0.15, 0.2) is 0 Å². The second-order valence-corrected chi connectivity index (χ2v) is 7.86. The molecule has 12 heteroatoms. The molecule has 0 bridgehead atoms. The summed E-state index contributed by atoms with van der Waals surface area (Å²) in [4.78, 5) is 34.5. The molecular formula is C24H24F3N5O4. The average Bonchev–Trinajstić information content (AvgIpc) is 2.83. The summed E-state index contributed by atoms with van der Waals surface area (Å²) in [5.74, 6) is -0.364. The van der Waals surface area contributed by atoms with Gasteiger partial charge >= 0.3 is 18.2 Å². The van der Waals surface area contributed by atoms with Crippen molar-refractivity contribution in [3.8, 4) is 16.9 Å². The van der Waals surface area contributed by atoms with Gasteiger partial charge in [0.25, 0.3) is 0 Å². The van der Waals surface area contributed by atoms with Crippen molar-refractivity contribution in [3.05, 3.63) is 66.2 Å². The van der Waals surface area contributed by atoms with Crippen molar-refractivity contribution < 1.29 is 32.2 Å². The van der Waals surface area contributed by atoms with Crippen LogP contribution in [0.3, 0.4) is 0 Å². The number of rotatable bonds is 8. The van der Waals surface area contributed by atoms with Gasteiger partial charge in [-0.05, 0) is 56.1 Å². The minimum atomic E-state index is -4.65. The van der Waals surface area contributed by atoms with E-state index in [1.165, 1.54) is 50.1 Å². The summed E-state index contributed by atoms with van der Waals surface area (Å²) in [5, 5.41) is 4.89. The van der Waals surface area contributed by atoms with Crippen LogP contribution in [0, 0.1) is 0 Å². The highest BCUT2D eigenvalue weighted by Crippen LogP contribution is 2.35. The maximum Gasteiger partial charge on any atom is 0.416 e. The van der Waals surface area contributed by atoms with Crippen molar-refractivity contribution in [3.63, 3.8) is 0 Å². The number of ether oxygens (including phenoxy) is 2. The fourth-order valence-electron chi connectivity index (χ4n) is 3.10. The number of hydrogen-bond donors (Lipinski definition) is 2. The molecule has 0 saturated heterocycles. The van der Waals surface area contributed by atoms with E-state index in [1.807, 2.05) is 19.0 Å². The van der Waals surface area contributed by atoms with Gasteiger partial charge in [0.05, 0.1) is 23.9 Å². The molecule has 1 heterocycles. The van der Waals surface area contributed by atoms with Crippen LogP contribution in [0.2, 0.25) is 0 Å². The Kier molecular flexibility index (Phi) is 8.43. The van der Waals surface area contributed by atoms with E-state index in [-0.39, 0.29) is 34.9 Å². The summed E-state index contributed by atoms with van der Waals surface area (Å²) in [5.41, 5.74) is -0.274. The lowest BCUT2D eigenvalue weighted by Gasteiger charge is -2.15. The first kappa shape index (κ1) is 26.4. The molecule has 0 aliphatic rings. The molecule has 0 unspecified atom stereocenters. The molecule has 9 nitrogen and oxygen atoms in total. The second kappa shape index (κ2) is 11.5. The van der Waals surface area contributed by atoms with Crippen LogP contribution in [0.1, 0.15) is 15.9 Å². The second-order valence-electron chi connectivity index (χ2n) is 7.86. The maximum absolute atomic E-state index is 13.5. The quantitative estimate of drug-likeness (QED) is 0.435. The topological polar surface area (TPSA) is 106 Å². The monoisotopic (exact) mass is 503 g/mol. The summed E-state index contributed by atoms with van der Waals surface area (Å²) in [7, 11) is 5.04. The van der Waals surface area contributed by atoms with Gasteiger partial charge in [0, 0.05) is 30.2 Å². The van der Waals surface area contributed by atoms with Crippen LogP contribution in [0.15, 0.2) is 55.1 Å². The van der Waals surface area contributed by atoms with Crippen LogP contribution < -0.4 is 15.4 Å². The highest BCUT2D eigenvalue weighted by atomic mass is 19.4. The zero-order valence-electron chi connectivity index (χ0n) is 19.7. The number of hydrogen-bond acceptors (Lipinski definition) is 7. The molecule has 0 aliphatic carbocycles. The number of urea groups is 1. The number of halogens is 3. The number of esters is 1. The maximum atomic E-state index is 13.5. The lowest BCUT2D eigenvalue weighted by molar-refractivity contribution is -0.137. The van der Waals surface area contributed by atoms with E-state index in [0.717, 1.165) is 12.1 Å². The predicted molar refractivity (Wildman–Crippen MR) is 127 cm³/mol. The molecule has 2 N–H and O–H groups in total. The molecule has 0 saturated carbocycles. The summed E-state index contributed by atoms with van der Waals surface area (Å²) in [6.45, 7) is 0.703. The Bertz CT molecular complexity index is 1220. The number of carbonyl (C=O) groups excluding carboxylic acids is 2. The molecule has 190 valence electrons. The fraction of sp³-hybridized carbons (Fsp3) is 0.250. The average molecular weight is 503 g/mol. The normalized spacial score (nSPS) is 11.2. The van der Waals surface area contributed by atoms with Gasteiger partial charge in [-0.25, -0.2) is 19.6 Å². The SMILES string of the molecule is COc1ccc(C(=O)OCCN(C)C)cc1NC(=O)Nc1cc(-c2cncnc2)cc(C(F)(F)F)c1. The lowest BCUT2D eigenvalue weighted by Crippen LogP contribution is -2.21. The zero-order chi connectivity index (χ0) is 26.3. The van der Waals surface area contributed by atoms with Crippen LogP contribution in [0.5, 0.6) is 5.75 Å². The number of benzene rings is 2. The molecule has 2 aromatic carbocycles. The van der Waals surface area contributed by atoms with E-state index in [2.05, 4.69) is 20.6 Å². The van der Waals surface area contributed by atoms with E-state index >= 15 is 0 Å². The summed E-state index contributed by atoms with van der Waals surface area (Å²) >= 11 is 0. The van der Waals surface area contributed by atoms with Gasteiger partial charge in [-0.15, -0.1) is 0 Å². The Morgan fingerprint density at radius 2 is 1.72 bits per heavy atom. The number of alkyl halides is 3. The van der Waals surface area contributed by atoms with Crippen LogP contribution in [-0.4, -0.2) is 61.2 Å². The number of carbonyl (C=O) groups is 2. The number of anilines is 2. The molecular weight excluding hydrogens is 479 g/mol. The minimum Gasteiger partial charge on any atom is -0.495 e. The van der Waals surface area contributed by atoms with E-state index in [4.69, 9.17) is 9.47 Å². The van der Waals surface area contributed by atoms with Gasteiger partial charge in [0.2, 0.25) is 0 Å². The number of methoxy groups -OCH3 is 1. The molecule has 2 amide bonds. The molecule has 0 atom stereocenters. The molecule has 0 fully saturated rings. The smallest absolute Gasteiger partial charge is 0.416 e. The van der Waals surface area contributed by atoms with E-state index in [0.29, 0.717) is 12.1 Å². The van der Waals surface area contributed by atoms with Crippen molar-refractivity contribution in [1.29, 1.82) is 0 Å².